The Balaban J connectivity index is 1.80. The zero-order chi connectivity index (χ0) is 21.4. The number of thiocarbonyl (C=S) groups is 1. The van der Waals surface area contributed by atoms with Crippen LogP contribution in [0.15, 0.2) is 60.3 Å². The van der Waals surface area contributed by atoms with Gasteiger partial charge < -0.3 is 4.74 Å². The van der Waals surface area contributed by atoms with Crippen molar-refractivity contribution in [2.24, 2.45) is 0 Å². The number of anilines is 1. The van der Waals surface area contributed by atoms with E-state index >= 15 is 0 Å². The third-order valence-electron chi connectivity index (χ3n) is 4.81. The maximum atomic E-state index is 13.2. The zero-order valence-electron chi connectivity index (χ0n) is 16.2. The van der Waals surface area contributed by atoms with Crippen LogP contribution in [0.3, 0.4) is 0 Å². The van der Waals surface area contributed by atoms with E-state index in [4.69, 9.17) is 17.0 Å². The second kappa shape index (κ2) is 7.57. The number of hydrogen-bond acceptors (Lipinski definition) is 5. The lowest BCUT2D eigenvalue weighted by Crippen LogP contribution is -2.54. The van der Waals surface area contributed by atoms with Crippen LogP contribution in [0.4, 0.5) is 5.69 Å². The molecule has 0 unspecified atom stereocenters. The summed E-state index contributed by atoms with van der Waals surface area (Å²) in [6.45, 7) is 1.45. The monoisotopic (exact) mass is 419 g/mol. The van der Waals surface area contributed by atoms with E-state index in [0.29, 0.717) is 22.5 Å². The summed E-state index contributed by atoms with van der Waals surface area (Å²) >= 11 is 5.22. The van der Waals surface area contributed by atoms with Crippen LogP contribution >= 0.6 is 12.2 Å². The van der Waals surface area contributed by atoms with E-state index in [1.165, 1.54) is 22.5 Å². The predicted octanol–water partition coefficient (Wildman–Crippen LogP) is 3.14. The molecular formula is C22H17N3O4S. The molecule has 150 valence electrons. The lowest BCUT2D eigenvalue weighted by molar-refractivity contribution is -0.122. The molecule has 0 bridgehead atoms. The van der Waals surface area contributed by atoms with E-state index in [2.05, 4.69) is 5.32 Å². The average molecular weight is 419 g/mol. The first-order chi connectivity index (χ1) is 14.4. The van der Waals surface area contributed by atoms with Crippen molar-refractivity contribution in [1.29, 1.82) is 0 Å². The van der Waals surface area contributed by atoms with Gasteiger partial charge in [0.15, 0.2) is 5.11 Å². The lowest BCUT2D eigenvalue weighted by Gasteiger charge is -2.29. The number of rotatable bonds is 3. The molecule has 1 fully saturated rings. The molecule has 1 saturated heterocycles. The Bertz CT molecular complexity index is 1240. The number of ether oxygens (including phenoxy) is 1. The lowest BCUT2D eigenvalue weighted by atomic mass is 10.1. The van der Waals surface area contributed by atoms with Gasteiger partial charge in [-0.15, -0.1) is 0 Å². The molecule has 1 aliphatic heterocycles. The summed E-state index contributed by atoms with van der Waals surface area (Å²) < 4.78 is 6.63. The van der Waals surface area contributed by atoms with Crippen LogP contribution in [-0.2, 0) is 9.59 Å². The molecule has 0 atom stereocenters. The van der Waals surface area contributed by atoms with Crippen LogP contribution in [0.2, 0.25) is 0 Å². The van der Waals surface area contributed by atoms with Crippen LogP contribution in [0, 0.1) is 0 Å². The van der Waals surface area contributed by atoms with Gasteiger partial charge in [0.05, 0.1) is 18.3 Å². The van der Waals surface area contributed by atoms with E-state index in [1.54, 1.807) is 43.6 Å². The second-order valence-corrected chi connectivity index (χ2v) is 7.03. The fourth-order valence-electron chi connectivity index (χ4n) is 3.36. The largest absolute Gasteiger partial charge is 0.497 e. The Morgan fingerprint density at radius 3 is 2.47 bits per heavy atom. The van der Waals surface area contributed by atoms with Crippen LogP contribution in [0.25, 0.3) is 17.0 Å². The Morgan fingerprint density at radius 2 is 1.80 bits per heavy atom. The van der Waals surface area contributed by atoms with Gasteiger partial charge in [-0.25, -0.2) is 0 Å². The van der Waals surface area contributed by atoms with E-state index in [0.717, 1.165) is 5.39 Å². The number of methoxy groups -OCH3 is 1. The molecule has 0 spiro atoms. The first kappa shape index (κ1) is 19.5. The highest BCUT2D eigenvalue weighted by Crippen LogP contribution is 2.27. The number of carbonyl (C=O) groups is 3. The molecule has 0 radical (unpaired) electrons. The zero-order valence-corrected chi connectivity index (χ0v) is 17.0. The van der Waals surface area contributed by atoms with Crippen molar-refractivity contribution in [3.63, 3.8) is 0 Å². The highest BCUT2D eigenvalue weighted by molar-refractivity contribution is 7.80. The van der Waals surface area contributed by atoms with Crippen LogP contribution in [0.5, 0.6) is 5.75 Å². The number of carbonyl (C=O) groups excluding carboxylic acids is 3. The van der Waals surface area contributed by atoms with E-state index < -0.39 is 11.8 Å². The maximum absolute atomic E-state index is 13.2. The molecule has 1 aromatic heterocycles. The van der Waals surface area contributed by atoms with Gasteiger partial charge in [0, 0.05) is 24.1 Å². The summed E-state index contributed by atoms with van der Waals surface area (Å²) in [5.41, 5.74) is 1.71. The smallest absolute Gasteiger partial charge is 0.270 e. The Hall–Kier alpha value is -3.78. The van der Waals surface area contributed by atoms with E-state index in [9.17, 15) is 14.4 Å². The molecule has 3 aromatic rings. The van der Waals surface area contributed by atoms with Gasteiger partial charge >= 0.3 is 0 Å². The van der Waals surface area contributed by atoms with Gasteiger partial charge in [-0.05, 0) is 48.6 Å². The molecule has 1 N–H and O–H groups in total. The van der Waals surface area contributed by atoms with Gasteiger partial charge in [-0.1, -0.05) is 18.2 Å². The number of para-hydroxylation sites is 1. The minimum atomic E-state index is -0.589. The Labute approximate surface area is 177 Å². The summed E-state index contributed by atoms with van der Waals surface area (Å²) in [5, 5.41) is 3.31. The van der Waals surface area contributed by atoms with Gasteiger partial charge in [-0.2, -0.15) is 0 Å². The van der Waals surface area contributed by atoms with Gasteiger partial charge in [0.1, 0.15) is 11.3 Å². The maximum Gasteiger partial charge on any atom is 0.270 e. The van der Waals surface area contributed by atoms with E-state index in [-0.39, 0.29) is 16.6 Å². The summed E-state index contributed by atoms with van der Waals surface area (Å²) in [6.07, 6.45) is 3.10. The number of benzene rings is 2. The van der Waals surface area contributed by atoms with E-state index in [1.807, 2.05) is 18.2 Å². The van der Waals surface area contributed by atoms with Crippen molar-refractivity contribution >= 4 is 57.7 Å². The minimum absolute atomic E-state index is 0.00141. The number of amides is 2. The molecule has 8 heteroatoms. The first-order valence-electron chi connectivity index (χ1n) is 9.07. The highest BCUT2D eigenvalue weighted by atomic mass is 32.1. The van der Waals surface area contributed by atoms with Crippen LogP contribution in [0.1, 0.15) is 17.3 Å². The third-order valence-corrected chi connectivity index (χ3v) is 5.10. The number of fused-ring (bicyclic) bond motifs is 1. The van der Waals surface area contributed by atoms with Gasteiger partial charge in [-0.3, -0.25) is 29.2 Å². The quantitative estimate of drug-likeness (QED) is 0.401. The van der Waals surface area contributed by atoms with Crippen molar-refractivity contribution < 1.29 is 19.1 Å². The van der Waals surface area contributed by atoms with Crippen LogP contribution < -0.4 is 15.0 Å². The molecule has 4 rings (SSSR count). The molecular weight excluding hydrogens is 402 g/mol. The van der Waals surface area contributed by atoms with Crippen LogP contribution in [-0.4, -0.2) is 34.5 Å². The topological polar surface area (TPSA) is 80.6 Å². The van der Waals surface area contributed by atoms with Crippen molar-refractivity contribution in [2.45, 2.75) is 6.92 Å². The normalized spacial score (nSPS) is 15.6. The summed E-state index contributed by atoms with van der Waals surface area (Å²) in [5.74, 6) is -0.676. The summed E-state index contributed by atoms with van der Waals surface area (Å²) in [7, 11) is 1.55. The molecule has 7 nitrogen and oxygen atoms in total. The molecule has 30 heavy (non-hydrogen) atoms. The third kappa shape index (κ3) is 3.27. The van der Waals surface area contributed by atoms with Crippen molar-refractivity contribution in [1.82, 2.24) is 9.88 Å². The minimum Gasteiger partial charge on any atom is -0.497 e. The van der Waals surface area contributed by atoms with Gasteiger partial charge in [0.25, 0.3) is 11.8 Å². The number of nitrogens with one attached hydrogen (secondary N) is 1. The highest BCUT2D eigenvalue weighted by Gasteiger charge is 2.34. The first-order valence-corrected chi connectivity index (χ1v) is 9.48. The SMILES string of the molecule is COc1ccc(N2C(=O)C(=Cc3cn(C(C)=O)c4ccccc34)C(=O)NC2=S)cc1. The molecule has 2 amide bonds. The fourth-order valence-corrected chi connectivity index (χ4v) is 3.64. The van der Waals surface area contributed by atoms with Crippen molar-refractivity contribution in [2.75, 3.05) is 12.0 Å². The summed E-state index contributed by atoms with van der Waals surface area (Å²) in [4.78, 5) is 39.0. The molecule has 0 saturated carbocycles. The fraction of sp³-hybridized carbons (Fsp3) is 0.0909. The predicted molar refractivity (Wildman–Crippen MR) is 117 cm³/mol. The standard InChI is InChI=1S/C22H17N3O4S/c1-13(26)24-12-14(17-5-3-4-6-19(17)24)11-18-20(27)23-22(30)25(21(18)28)15-7-9-16(29-2)10-8-15/h3-12H,1-2H3,(H,23,27,30). The van der Waals surface area contributed by atoms with Gasteiger partial charge in [0.2, 0.25) is 5.91 Å². The number of aromatic nitrogens is 1. The molecule has 0 aliphatic carbocycles. The number of hydrogen-bond donors (Lipinski definition) is 1. The summed E-state index contributed by atoms with van der Waals surface area (Å²) in [6, 6.07) is 14.0. The molecule has 2 aromatic carbocycles. The van der Waals surface area contributed by atoms with Crippen molar-refractivity contribution in [3.05, 3.63) is 65.9 Å². The van der Waals surface area contributed by atoms with Crippen molar-refractivity contribution in [3.8, 4) is 5.75 Å². The molecule has 2 heterocycles. The Kier molecular flexibility index (Phi) is 4.93. The average Bonchev–Trinajstić information content (AvgIpc) is 3.10. The second-order valence-electron chi connectivity index (χ2n) is 6.65. The molecule has 1 aliphatic rings. The Morgan fingerprint density at radius 1 is 1.10 bits per heavy atom. The number of nitrogens with zero attached hydrogens (tertiary/aromatic N) is 2.